The van der Waals surface area contributed by atoms with E-state index in [4.69, 9.17) is 4.74 Å². The number of sulfonamides is 1. The Morgan fingerprint density at radius 1 is 1.05 bits per heavy atom. The quantitative estimate of drug-likeness (QED) is 0.428. The van der Waals surface area contributed by atoms with Gasteiger partial charge in [0, 0.05) is 44.0 Å². The molecule has 0 aromatic heterocycles. The minimum absolute atomic E-state index is 0.0135. The van der Waals surface area contributed by atoms with Crippen molar-refractivity contribution < 1.29 is 17.9 Å². The van der Waals surface area contributed by atoms with Crippen LogP contribution in [0.3, 0.4) is 0 Å². The van der Waals surface area contributed by atoms with Crippen molar-refractivity contribution in [1.82, 2.24) is 9.62 Å². The van der Waals surface area contributed by atoms with Gasteiger partial charge in [-0.1, -0.05) is 13.8 Å². The third-order valence-electron chi connectivity index (χ3n) is 7.12. The van der Waals surface area contributed by atoms with Gasteiger partial charge in [-0.25, -0.2) is 13.1 Å². The zero-order chi connectivity index (χ0) is 27.0. The molecule has 0 atom stereocenters. The molecule has 204 valence electrons. The summed E-state index contributed by atoms with van der Waals surface area (Å²) in [5.41, 5.74) is 3.07. The molecule has 0 radical (unpaired) electrons. The number of carbonyl (C=O) groups excluding carboxylic acids is 1. The number of methoxy groups -OCH3 is 1. The molecule has 2 aromatic carbocycles. The molecule has 1 aliphatic rings. The van der Waals surface area contributed by atoms with E-state index >= 15 is 0 Å². The van der Waals surface area contributed by atoms with Crippen molar-refractivity contribution in [2.45, 2.75) is 51.9 Å². The lowest BCUT2D eigenvalue weighted by Crippen LogP contribution is -2.38. The molecule has 9 heteroatoms. The van der Waals surface area contributed by atoms with E-state index in [-0.39, 0.29) is 23.8 Å². The highest BCUT2D eigenvalue weighted by molar-refractivity contribution is 7.89. The largest absolute Gasteiger partial charge is 0.497 e. The Bertz CT molecular complexity index is 1120. The number of aryl methyl sites for hydroxylation is 2. The summed E-state index contributed by atoms with van der Waals surface area (Å²) < 4.78 is 33.4. The van der Waals surface area contributed by atoms with Crippen LogP contribution in [0.5, 0.6) is 5.75 Å². The van der Waals surface area contributed by atoms with E-state index in [1.54, 1.807) is 33.1 Å². The number of ether oxygens (including phenoxy) is 1. The molecule has 3 rings (SSSR count). The summed E-state index contributed by atoms with van der Waals surface area (Å²) in [7, 11) is -2.20. The fraction of sp³-hybridized carbons (Fsp3) is 0.536. The molecule has 0 saturated carbocycles. The molecule has 0 spiro atoms. The van der Waals surface area contributed by atoms with E-state index in [0.717, 1.165) is 37.8 Å². The number of nitrogens with one attached hydrogen (secondary N) is 2. The standard InChI is InChI=1S/C28H42N4O4S/c1-6-31(7-2)20-23-13-16-32(17-14-23)25-10-8-24(9-11-25)30-27(33)12-15-29-37(34,35)28-21(3)18-26(36-5)19-22(28)4/h8-11,18-19,23,29H,6-7,12-17,20H2,1-5H3,(H,30,33). The number of amides is 1. The summed E-state index contributed by atoms with van der Waals surface area (Å²) in [6.45, 7) is 13.4. The molecule has 8 nitrogen and oxygen atoms in total. The third kappa shape index (κ3) is 7.93. The second kappa shape index (κ2) is 13.3. The molecular formula is C28H42N4O4S. The van der Waals surface area contributed by atoms with Crippen molar-refractivity contribution in [2.75, 3.05) is 56.6 Å². The van der Waals surface area contributed by atoms with E-state index in [2.05, 4.69) is 33.7 Å². The predicted octanol–water partition coefficient (Wildman–Crippen LogP) is 4.18. The van der Waals surface area contributed by atoms with Gasteiger partial charge < -0.3 is 19.9 Å². The molecule has 0 unspecified atom stereocenters. The van der Waals surface area contributed by atoms with Crippen LogP contribution in [0.25, 0.3) is 0 Å². The highest BCUT2D eigenvalue weighted by atomic mass is 32.2. The summed E-state index contributed by atoms with van der Waals surface area (Å²) in [4.78, 5) is 17.6. The van der Waals surface area contributed by atoms with Gasteiger partial charge in [0.15, 0.2) is 0 Å². The van der Waals surface area contributed by atoms with Crippen LogP contribution in [-0.4, -0.2) is 65.6 Å². The Hall–Kier alpha value is -2.62. The Morgan fingerprint density at radius 2 is 1.65 bits per heavy atom. The zero-order valence-corrected chi connectivity index (χ0v) is 23.7. The van der Waals surface area contributed by atoms with E-state index in [0.29, 0.717) is 22.6 Å². The summed E-state index contributed by atoms with van der Waals surface area (Å²) in [5, 5.41) is 2.86. The fourth-order valence-corrected chi connectivity index (χ4v) is 6.50. The summed E-state index contributed by atoms with van der Waals surface area (Å²) >= 11 is 0. The van der Waals surface area contributed by atoms with Crippen molar-refractivity contribution >= 4 is 27.3 Å². The van der Waals surface area contributed by atoms with Crippen molar-refractivity contribution in [3.05, 3.63) is 47.5 Å². The van der Waals surface area contributed by atoms with Crippen LogP contribution in [0.15, 0.2) is 41.3 Å². The normalized spacial score (nSPS) is 14.7. The number of hydrogen-bond acceptors (Lipinski definition) is 6. The molecule has 2 N–H and O–H groups in total. The SMILES string of the molecule is CCN(CC)CC1CCN(c2ccc(NC(=O)CCNS(=O)(=O)c3c(C)cc(OC)cc3C)cc2)CC1. The van der Waals surface area contributed by atoms with E-state index in [1.807, 2.05) is 24.3 Å². The van der Waals surface area contributed by atoms with Crippen molar-refractivity contribution in [1.29, 1.82) is 0 Å². The van der Waals surface area contributed by atoms with Gasteiger partial charge in [-0.2, -0.15) is 0 Å². The first-order chi connectivity index (χ1) is 17.7. The first kappa shape index (κ1) is 28.9. The minimum atomic E-state index is -3.74. The second-order valence-corrected chi connectivity index (χ2v) is 11.5. The molecule has 2 aromatic rings. The topological polar surface area (TPSA) is 91.0 Å². The predicted molar refractivity (Wildman–Crippen MR) is 150 cm³/mol. The summed E-state index contributed by atoms with van der Waals surface area (Å²) in [5.74, 6) is 1.12. The number of nitrogens with zero attached hydrogens (tertiary/aromatic N) is 2. The number of hydrogen-bond donors (Lipinski definition) is 2. The Kier molecular flexibility index (Phi) is 10.4. The molecule has 1 fully saturated rings. The van der Waals surface area contributed by atoms with Crippen molar-refractivity contribution in [3.63, 3.8) is 0 Å². The van der Waals surface area contributed by atoms with Gasteiger partial charge >= 0.3 is 0 Å². The first-order valence-corrected chi connectivity index (χ1v) is 14.7. The average Bonchev–Trinajstić information content (AvgIpc) is 2.87. The van der Waals surface area contributed by atoms with Crippen LogP contribution < -0.4 is 19.7 Å². The molecule has 1 aliphatic heterocycles. The highest BCUT2D eigenvalue weighted by Crippen LogP contribution is 2.26. The second-order valence-electron chi connectivity index (χ2n) is 9.75. The monoisotopic (exact) mass is 530 g/mol. The van der Waals surface area contributed by atoms with E-state index < -0.39 is 10.0 Å². The van der Waals surface area contributed by atoms with Gasteiger partial charge in [0.1, 0.15) is 5.75 Å². The van der Waals surface area contributed by atoms with Crippen LogP contribution in [-0.2, 0) is 14.8 Å². The summed E-state index contributed by atoms with van der Waals surface area (Å²) in [6.07, 6.45) is 2.43. The van der Waals surface area contributed by atoms with Crippen molar-refractivity contribution in [2.24, 2.45) is 5.92 Å². The molecular weight excluding hydrogens is 488 g/mol. The lowest BCUT2D eigenvalue weighted by molar-refractivity contribution is -0.116. The van der Waals surface area contributed by atoms with Crippen LogP contribution in [0.4, 0.5) is 11.4 Å². The lowest BCUT2D eigenvalue weighted by atomic mass is 9.95. The van der Waals surface area contributed by atoms with Gasteiger partial charge in [-0.3, -0.25) is 4.79 Å². The van der Waals surface area contributed by atoms with Gasteiger partial charge in [0.05, 0.1) is 12.0 Å². The first-order valence-electron chi connectivity index (χ1n) is 13.2. The fourth-order valence-electron chi connectivity index (χ4n) is 5.02. The van der Waals surface area contributed by atoms with E-state index in [9.17, 15) is 13.2 Å². The van der Waals surface area contributed by atoms with Crippen molar-refractivity contribution in [3.8, 4) is 5.75 Å². The smallest absolute Gasteiger partial charge is 0.241 e. The lowest BCUT2D eigenvalue weighted by Gasteiger charge is -2.35. The van der Waals surface area contributed by atoms with Gasteiger partial charge in [0.2, 0.25) is 15.9 Å². The highest BCUT2D eigenvalue weighted by Gasteiger charge is 2.22. The maximum atomic E-state index is 12.8. The maximum Gasteiger partial charge on any atom is 0.241 e. The molecule has 0 bridgehead atoms. The Morgan fingerprint density at radius 3 is 2.19 bits per heavy atom. The number of rotatable bonds is 12. The molecule has 1 heterocycles. The molecule has 1 amide bonds. The van der Waals surface area contributed by atoms with Gasteiger partial charge in [0.25, 0.3) is 0 Å². The van der Waals surface area contributed by atoms with Crippen LogP contribution in [0.1, 0.15) is 44.2 Å². The third-order valence-corrected chi connectivity index (χ3v) is 8.89. The number of piperidine rings is 1. The van der Waals surface area contributed by atoms with Gasteiger partial charge in [-0.05, 0) is 93.2 Å². The minimum Gasteiger partial charge on any atom is -0.497 e. The Balaban J connectivity index is 1.46. The number of anilines is 2. The van der Waals surface area contributed by atoms with Crippen LogP contribution in [0, 0.1) is 19.8 Å². The average molecular weight is 531 g/mol. The van der Waals surface area contributed by atoms with Crippen LogP contribution >= 0.6 is 0 Å². The summed E-state index contributed by atoms with van der Waals surface area (Å²) in [6, 6.07) is 11.3. The molecule has 0 aliphatic carbocycles. The Labute approximate surface area is 222 Å². The molecule has 37 heavy (non-hydrogen) atoms. The van der Waals surface area contributed by atoms with E-state index in [1.165, 1.54) is 19.4 Å². The zero-order valence-electron chi connectivity index (χ0n) is 22.8. The van der Waals surface area contributed by atoms with Crippen LogP contribution in [0.2, 0.25) is 0 Å². The maximum absolute atomic E-state index is 12.8. The number of benzene rings is 2. The number of carbonyl (C=O) groups is 1. The van der Waals surface area contributed by atoms with Gasteiger partial charge in [-0.15, -0.1) is 0 Å². The molecule has 1 saturated heterocycles.